The second-order valence-electron chi connectivity index (χ2n) is 7.80. The summed E-state index contributed by atoms with van der Waals surface area (Å²) < 4.78 is 16.3. The molecule has 1 aromatic heterocycles. The maximum absolute atomic E-state index is 14.3. The minimum absolute atomic E-state index is 0.0871. The first kappa shape index (κ1) is 23.5. The molecule has 0 saturated carbocycles. The van der Waals surface area contributed by atoms with Gasteiger partial charge in [-0.1, -0.05) is 29.8 Å². The molecule has 0 fully saturated rings. The van der Waals surface area contributed by atoms with Gasteiger partial charge in [0, 0.05) is 16.1 Å². The molecule has 6 nitrogen and oxygen atoms in total. The minimum Gasteiger partial charge on any atom is -0.504 e. The Morgan fingerprint density at radius 2 is 1.82 bits per heavy atom. The molecule has 174 valence electrons. The number of aryl methyl sites for hydroxylation is 1. The number of phenolic OH excluding ortho intramolecular Hbond substituents is 2. The number of aromatic hydroxyl groups is 2. The van der Waals surface area contributed by atoms with E-state index in [1.54, 1.807) is 18.2 Å². The number of nitrogens with two attached hydrogens (primary N) is 1. The molecule has 0 amide bonds. The Morgan fingerprint density at radius 3 is 2.56 bits per heavy atom. The van der Waals surface area contributed by atoms with Crippen LogP contribution in [0.3, 0.4) is 0 Å². The van der Waals surface area contributed by atoms with E-state index in [0.29, 0.717) is 35.8 Å². The van der Waals surface area contributed by atoms with E-state index in [0.717, 1.165) is 28.3 Å². The van der Waals surface area contributed by atoms with Crippen molar-refractivity contribution in [1.82, 2.24) is 9.55 Å². The first-order chi connectivity index (χ1) is 16.4. The first-order valence-electron chi connectivity index (χ1n) is 10.7. The fraction of sp³-hybridized carbons (Fsp3) is 0.154. The van der Waals surface area contributed by atoms with Gasteiger partial charge in [0.1, 0.15) is 11.6 Å². The summed E-state index contributed by atoms with van der Waals surface area (Å²) >= 11 is 6.19. The largest absolute Gasteiger partial charge is 0.504 e. The van der Waals surface area contributed by atoms with E-state index in [4.69, 9.17) is 27.5 Å². The number of rotatable bonds is 3. The van der Waals surface area contributed by atoms with Gasteiger partial charge in [0.15, 0.2) is 11.5 Å². The Morgan fingerprint density at radius 1 is 1.03 bits per heavy atom. The summed E-state index contributed by atoms with van der Waals surface area (Å²) in [4.78, 5) is 9.01. The molecule has 0 radical (unpaired) electrons. The Balaban J connectivity index is 0.000000210. The summed E-state index contributed by atoms with van der Waals surface area (Å²) in [6.45, 7) is 2.93. The number of nitrogens with zero attached hydrogens (tertiary/aromatic N) is 3. The van der Waals surface area contributed by atoms with Crippen LogP contribution in [0.15, 0.2) is 71.9 Å². The van der Waals surface area contributed by atoms with Crippen LogP contribution >= 0.6 is 11.6 Å². The minimum atomic E-state index is -0.293. The normalized spacial score (nSPS) is 12.1. The van der Waals surface area contributed by atoms with Crippen LogP contribution in [0.5, 0.6) is 11.5 Å². The monoisotopic (exact) mass is 478 g/mol. The van der Waals surface area contributed by atoms with E-state index in [1.807, 2.05) is 42.0 Å². The van der Waals surface area contributed by atoms with Crippen molar-refractivity contribution in [3.05, 3.63) is 106 Å². The molecule has 1 aliphatic heterocycles. The number of aliphatic imine (C=N–C) groups is 1. The molecule has 34 heavy (non-hydrogen) atoms. The van der Waals surface area contributed by atoms with Crippen molar-refractivity contribution >= 4 is 17.3 Å². The van der Waals surface area contributed by atoms with Crippen LogP contribution in [0.1, 0.15) is 28.2 Å². The Labute approximate surface area is 201 Å². The number of fused-ring (bicyclic) bond motifs is 3. The summed E-state index contributed by atoms with van der Waals surface area (Å²) in [6.07, 6.45) is 2.52. The van der Waals surface area contributed by atoms with Crippen molar-refractivity contribution < 1.29 is 14.6 Å². The molecule has 1 aliphatic rings. The van der Waals surface area contributed by atoms with Crippen LogP contribution in [0, 0.1) is 12.7 Å². The zero-order chi connectivity index (χ0) is 24.2. The molecule has 0 saturated heterocycles. The van der Waals surface area contributed by atoms with Gasteiger partial charge in [-0.05, 0) is 67.9 Å². The van der Waals surface area contributed by atoms with Crippen LogP contribution in [-0.4, -0.2) is 32.0 Å². The lowest BCUT2D eigenvalue weighted by atomic mass is 10.00. The van der Waals surface area contributed by atoms with Gasteiger partial charge in [0.05, 0.1) is 29.8 Å². The fourth-order valence-corrected chi connectivity index (χ4v) is 4.02. The molecule has 4 N–H and O–H groups in total. The fourth-order valence-electron chi connectivity index (χ4n) is 3.84. The lowest BCUT2D eigenvalue weighted by molar-refractivity contribution is 0.403. The molecule has 5 rings (SSSR count). The summed E-state index contributed by atoms with van der Waals surface area (Å²) in [5, 5.41) is 18.6. The third-order valence-electron chi connectivity index (χ3n) is 5.47. The molecular weight excluding hydrogens is 455 g/mol. The van der Waals surface area contributed by atoms with Crippen LogP contribution < -0.4 is 5.73 Å². The average Bonchev–Trinajstić information content (AvgIpc) is 3.10. The second-order valence-corrected chi connectivity index (χ2v) is 8.24. The van der Waals surface area contributed by atoms with Gasteiger partial charge in [-0.3, -0.25) is 9.56 Å². The Kier molecular flexibility index (Phi) is 6.95. The van der Waals surface area contributed by atoms with E-state index in [1.165, 1.54) is 18.2 Å². The molecule has 0 bridgehead atoms. The SMILES string of the molecule is Cc1ncc2n1-c1ccc(Cl)cc1C(c1ccccc1F)=NC2.NCCc1ccc(O)c(O)c1. The van der Waals surface area contributed by atoms with E-state index >= 15 is 0 Å². The van der Waals surface area contributed by atoms with Crippen molar-refractivity contribution in [2.24, 2.45) is 10.7 Å². The van der Waals surface area contributed by atoms with Gasteiger partial charge in [-0.25, -0.2) is 9.37 Å². The molecule has 0 spiro atoms. The van der Waals surface area contributed by atoms with Gasteiger partial charge in [-0.2, -0.15) is 0 Å². The molecule has 4 aromatic rings. The highest BCUT2D eigenvalue weighted by Gasteiger charge is 2.22. The van der Waals surface area contributed by atoms with Crippen molar-refractivity contribution in [3.8, 4) is 17.2 Å². The lowest BCUT2D eigenvalue weighted by Crippen LogP contribution is -2.09. The molecule has 2 heterocycles. The molecule has 8 heteroatoms. The van der Waals surface area contributed by atoms with Gasteiger partial charge < -0.3 is 15.9 Å². The Hall–Kier alpha value is -3.68. The maximum atomic E-state index is 14.3. The third-order valence-corrected chi connectivity index (χ3v) is 5.70. The average molecular weight is 479 g/mol. The standard InChI is InChI=1S/C18H13ClFN3.C8H11NO2/c1-11-21-9-13-10-22-18(14-4-2-3-5-16(14)20)15-8-12(19)6-7-17(15)23(11)13;9-4-3-6-1-2-7(10)8(11)5-6/h2-9H,10H2,1H3;1-2,5,10-11H,3-4,9H2. The molecule has 0 aliphatic carbocycles. The highest BCUT2D eigenvalue weighted by atomic mass is 35.5. The zero-order valence-electron chi connectivity index (χ0n) is 18.5. The van der Waals surface area contributed by atoms with E-state index < -0.39 is 0 Å². The van der Waals surface area contributed by atoms with Gasteiger partial charge in [0.2, 0.25) is 0 Å². The van der Waals surface area contributed by atoms with Crippen LogP contribution in [0.4, 0.5) is 4.39 Å². The number of phenols is 2. The number of aromatic nitrogens is 2. The van der Waals surface area contributed by atoms with E-state index in [-0.39, 0.29) is 17.3 Å². The van der Waals surface area contributed by atoms with Crippen LogP contribution in [0.2, 0.25) is 5.02 Å². The predicted octanol–water partition coefficient (Wildman–Crippen LogP) is 4.92. The van der Waals surface area contributed by atoms with E-state index in [2.05, 4.69) is 9.98 Å². The lowest BCUT2D eigenvalue weighted by Gasteiger charge is -2.14. The smallest absolute Gasteiger partial charge is 0.157 e. The van der Waals surface area contributed by atoms with Gasteiger partial charge in [0.25, 0.3) is 0 Å². The number of benzene rings is 3. The van der Waals surface area contributed by atoms with Crippen molar-refractivity contribution in [2.45, 2.75) is 19.9 Å². The molecule has 0 atom stereocenters. The summed E-state index contributed by atoms with van der Waals surface area (Å²) in [6, 6.07) is 17.0. The maximum Gasteiger partial charge on any atom is 0.157 e. The van der Waals surface area contributed by atoms with Gasteiger partial charge in [-0.15, -0.1) is 0 Å². The van der Waals surface area contributed by atoms with Gasteiger partial charge >= 0.3 is 0 Å². The number of hydrogen-bond acceptors (Lipinski definition) is 5. The molecule has 0 unspecified atom stereocenters. The highest BCUT2D eigenvalue weighted by Crippen LogP contribution is 2.29. The van der Waals surface area contributed by atoms with Crippen LogP contribution in [-0.2, 0) is 13.0 Å². The third kappa shape index (κ3) is 4.81. The summed E-state index contributed by atoms with van der Waals surface area (Å²) in [5.41, 5.74) is 10.0. The van der Waals surface area contributed by atoms with E-state index in [9.17, 15) is 4.39 Å². The highest BCUT2D eigenvalue weighted by molar-refractivity contribution is 6.31. The molecule has 3 aromatic carbocycles. The number of hydrogen-bond donors (Lipinski definition) is 3. The zero-order valence-corrected chi connectivity index (χ0v) is 19.3. The van der Waals surface area contributed by atoms with Crippen LogP contribution in [0.25, 0.3) is 5.69 Å². The van der Waals surface area contributed by atoms with Crippen molar-refractivity contribution in [3.63, 3.8) is 0 Å². The number of halogens is 2. The summed E-state index contributed by atoms with van der Waals surface area (Å²) in [5.74, 6) is 0.397. The number of imidazole rings is 1. The molecular formula is C26H24ClFN4O2. The Bertz CT molecular complexity index is 1370. The predicted molar refractivity (Wildman–Crippen MR) is 132 cm³/mol. The second kappa shape index (κ2) is 10.1. The quantitative estimate of drug-likeness (QED) is 0.364. The van der Waals surface area contributed by atoms with Crippen molar-refractivity contribution in [2.75, 3.05) is 6.54 Å². The van der Waals surface area contributed by atoms with Crippen molar-refractivity contribution in [1.29, 1.82) is 0 Å². The first-order valence-corrected chi connectivity index (χ1v) is 11.1. The topological polar surface area (TPSA) is 96.7 Å². The summed E-state index contributed by atoms with van der Waals surface area (Å²) in [7, 11) is 0.